The number of aromatic nitrogens is 1. The maximum Gasteiger partial charge on any atom is 0.226 e. The Morgan fingerprint density at radius 1 is 1.53 bits per heavy atom. The van der Waals surface area contributed by atoms with Gasteiger partial charge in [-0.3, -0.25) is 4.79 Å². The summed E-state index contributed by atoms with van der Waals surface area (Å²) in [6.45, 7) is 1.75. The standard InChI is InChI=1S/C9H9BrCl2N2O/c1-5-6(11)4-7(12)9(13-5)14-8(15)2-3-10/h4H,2-3H2,1H3,(H,13,14,15). The van der Waals surface area contributed by atoms with Gasteiger partial charge in [0.25, 0.3) is 0 Å². The zero-order valence-electron chi connectivity index (χ0n) is 7.98. The fraction of sp³-hybridized carbons (Fsp3) is 0.333. The Hall–Kier alpha value is -0.320. The van der Waals surface area contributed by atoms with E-state index in [9.17, 15) is 4.79 Å². The summed E-state index contributed by atoms with van der Waals surface area (Å²) in [6.07, 6.45) is 0.375. The van der Waals surface area contributed by atoms with Crippen LogP contribution < -0.4 is 5.32 Å². The Bertz CT molecular complexity index is 385. The number of hydrogen-bond acceptors (Lipinski definition) is 2. The predicted molar refractivity (Wildman–Crippen MR) is 66.0 cm³/mol. The summed E-state index contributed by atoms with van der Waals surface area (Å²) in [5.74, 6) is 0.215. The highest BCUT2D eigenvalue weighted by atomic mass is 79.9. The molecule has 0 radical (unpaired) electrons. The third-order valence-electron chi connectivity index (χ3n) is 1.68. The second-order valence-corrected chi connectivity index (χ2v) is 4.48. The van der Waals surface area contributed by atoms with Gasteiger partial charge in [0.2, 0.25) is 5.91 Å². The van der Waals surface area contributed by atoms with Gasteiger partial charge in [0.15, 0.2) is 5.82 Å². The molecule has 0 aliphatic rings. The second kappa shape index (κ2) is 5.68. The largest absolute Gasteiger partial charge is 0.309 e. The zero-order valence-corrected chi connectivity index (χ0v) is 11.1. The molecule has 1 aromatic heterocycles. The van der Waals surface area contributed by atoms with Crippen molar-refractivity contribution in [3.63, 3.8) is 0 Å². The molecule has 1 heterocycles. The molecule has 0 aliphatic heterocycles. The van der Waals surface area contributed by atoms with Crippen LogP contribution in [0.2, 0.25) is 10.0 Å². The molecule has 0 spiro atoms. The van der Waals surface area contributed by atoms with Crippen LogP contribution in [0.15, 0.2) is 6.07 Å². The van der Waals surface area contributed by atoms with Gasteiger partial charge >= 0.3 is 0 Å². The van der Waals surface area contributed by atoms with Crippen LogP contribution in [-0.2, 0) is 4.79 Å². The van der Waals surface area contributed by atoms with Crippen LogP contribution in [0, 0.1) is 6.92 Å². The second-order valence-electron chi connectivity index (χ2n) is 2.87. The van der Waals surface area contributed by atoms with Gasteiger partial charge in [0, 0.05) is 11.8 Å². The Balaban J connectivity index is 2.86. The van der Waals surface area contributed by atoms with E-state index in [0.717, 1.165) is 0 Å². The van der Waals surface area contributed by atoms with Crippen LogP contribution in [-0.4, -0.2) is 16.2 Å². The Morgan fingerprint density at radius 2 is 2.20 bits per heavy atom. The van der Waals surface area contributed by atoms with Crippen molar-refractivity contribution in [2.75, 3.05) is 10.6 Å². The summed E-state index contributed by atoms with van der Waals surface area (Å²) in [6, 6.07) is 1.56. The molecule has 82 valence electrons. The van der Waals surface area contributed by atoms with Gasteiger partial charge in [-0.15, -0.1) is 0 Å². The maximum atomic E-state index is 11.3. The van der Waals surface area contributed by atoms with Gasteiger partial charge in [0.05, 0.1) is 15.7 Å². The lowest BCUT2D eigenvalue weighted by molar-refractivity contribution is -0.115. The summed E-state index contributed by atoms with van der Waals surface area (Å²) in [7, 11) is 0. The lowest BCUT2D eigenvalue weighted by atomic mass is 10.3. The van der Waals surface area contributed by atoms with Crippen LogP contribution >= 0.6 is 39.1 Å². The fourth-order valence-electron chi connectivity index (χ4n) is 0.927. The van der Waals surface area contributed by atoms with Gasteiger partial charge in [-0.25, -0.2) is 4.98 Å². The molecular formula is C9H9BrCl2N2O. The topological polar surface area (TPSA) is 42.0 Å². The minimum absolute atomic E-state index is 0.136. The van der Waals surface area contributed by atoms with Crippen molar-refractivity contribution in [1.82, 2.24) is 4.98 Å². The number of nitrogens with zero attached hydrogens (tertiary/aromatic N) is 1. The van der Waals surface area contributed by atoms with Crippen LogP contribution in [0.25, 0.3) is 0 Å². The molecule has 0 bridgehead atoms. The van der Waals surface area contributed by atoms with Crippen LogP contribution in [0.5, 0.6) is 0 Å². The molecule has 0 fully saturated rings. The van der Waals surface area contributed by atoms with E-state index in [2.05, 4.69) is 26.2 Å². The molecule has 0 aromatic carbocycles. The average molecular weight is 312 g/mol. The van der Waals surface area contributed by atoms with Crippen LogP contribution in [0.4, 0.5) is 5.82 Å². The third kappa shape index (κ3) is 3.63. The van der Waals surface area contributed by atoms with Crippen molar-refractivity contribution in [2.45, 2.75) is 13.3 Å². The number of hydrogen-bond donors (Lipinski definition) is 1. The average Bonchev–Trinajstić information content (AvgIpc) is 2.14. The summed E-state index contributed by atoms with van der Waals surface area (Å²) in [5, 5.41) is 4.03. The zero-order chi connectivity index (χ0) is 11.4. The van der Waals surface area contributed by atoms with E-state index >= 15 is 0 Å². The first kappa shape index (κ1) is 12.7. The van der Waals surface area contributed by atoms with Crippen molar-refractivity contribution in [3.8, 4) is 0 Å². The van der Waals surface area contributed by atoms with E-state index in [1.54, 1.807) is 13.0 Å². The molecule has 0 unspecified atom stereocenters. The first-order chi connectivity index (χ1) is 7.04. The van der Waals surface area contributed by atoms with Gasteiger partial charge in [-0.1, -0.05) is 39.1 Å². The normalized spacial score (nSPS) is 10.1. The molecule has 1 amide bonds. The predicted octanol–water partition coefficient (Wildman–Crippen LogP) is 3.42. The lowest BCUT2D eigenvalue weighted by Gasteiger charge is -2.07. The minimum atomic E-state index is -0.136. The van der Waals surface area contributed by atoms with Crippen molar-refractivity contribution in [1.29, 1.82) is 0 Å². The number of carbonyl (C=O) groups is 1. The fourth-order valence-corrected chi connectivity index (χ4v) is 1.69. The van der Waals surface area contributed by atoms with Crippen molar-refractivity contribution >= 4 is 50.9 Å². The highest BCUT2D eigenvalue weighted by Gasteiger charge is 2.09. The number of aryl methyl sites for hydroxylation is 1. The smallest absolute Gasteiger partial charge is 0.226 e. The van der Waals surface area contributed by atoms with E-state index in [1.165, 1.54) is 0 Å². The van der Waals surface area contributed by atoms with Crippen molar-refractivity contribution in [2.24, 2.45) is 0 Å². The van der Waals surface area contributed by atoms with E-state index in [-0.39, 0.29) is 5.91 Å². The molecule has 0 atom stereocenters. The summed E-state index contributed by atoms with van der Waals surface area (Å²) >= 11 is 14.9. The van der Waals surface area contributed by atoms with Crippen molar-refractivity contribution in [3.05, 3.63) is 21.8 Å². The lowest BCUT2D eigenvalue weighted by Crippen LogP contribution is -2.13. The first-order valence-electron chi connectivity index (χ1n) is 4.23. The SMILES string of the molecule is Cc1nc(NC(=O)CCBr)c(Cl)cc1Cl. The highest BCUT2D eigenvalue weighted by Crippen LogP contribution is 2.25. The Labute approximate surface area is 106 Å². The van der Waals surface area contributed by atoms with E-state index in [0.29, 0.717) is 33.3 Å². The third-order valence-corrected chi connectivity index (χ3v) is 2.75. The van der Waals surface area contributed by atoms with Crippen LogP contribution in [0.1, 0.15) is 12.1 Å². The molecular weight excluding hydrogens is 303 g/mol. The molecule has 3 nitrogen and oxygen atoms in total. The molecule has 0 saturated carbocycles. The van der Waals surface area contributed by atoms with Crippen LogP contribution in [0.3, 0.4) is 0 Å². The highest BCUT2D eigenvalue weighted by molar-refractivity contribution is 9.09. The molecule has 0 saturated heterocycles. The number of nitrogens with one attached hydrogen (secondary N) is 1. The summed E-state index contributed by atoms with van der Waals surface area (Å²) in [5.41, 5.74) is 0.634. The molecule has 1 aromatic rings. The summed E-state index contributed by atoms with van der Waals surface area (Å²) in [4.78, 5) is 15.4. The number of alkyl halides is 1. The van der Waals surface area contributed by atoms with Gasteiger partial charge < -0.3 is 5.32 Å². The number of rotatable bonds is 3. The monoisotopic (exact) mass is 310 g/mol. The molecule has 6 heteroatoms. The number of carbonyl (C=O) groups excluding carboxylic acids is 1. The number of halogens is 3. The van der Waals surface area contributed by atoms with E-state index in [4.69, 9.17) is 23.2 Å². The molecule has 0 aliphatic carbocycles. The maximum absolute atomic E-state index is 11.3. The quantitative estimate of drug-likeness (QED) is 0.869. The summed E-state index contributed by atoms with van der Waals surface area (Å²) < 4.78 is 0. The van der Waals surface area contributed by atoms with E-state index < -0.39 is 0 Å². The Kier molecular flexibility index (Phi) is 4.83. The molecule has 1 rings (SSSR count). The number of anilines is 1. The minimum Gasteiger partial charge on any atom is -0.309 e. The Morgan fingerprint density at radius 3 is 2.80 bits per heavy atom. The number of amides is 1. The van der Waals surface area contributed by atoms with Gasteiger partial charge in [-0.05, 0) is 13.0 Å². The number of pyridine rings is 1. The van der Waals surface area contributed by atoms with Gasteiger partial charge in [-0.2, -0.15) is 0 Å². The van der Waals surface area contributed by atoms with Crippen molar-refractivity contribution < 1.29 is 4.79 Å². The first-order valence-corrected chi connectivity index (χ1v) is 6.10. The molecule has 15 heavy (non-hydrogen) atoms. The molecule has 1 N–H and O–H groups in total. The van der Waals surface area contributed by atoms with Gasteiger partial charge in [0.1, 0.15) is 0 Å². The van der Waals surface area contributed by atoms with E-state index in [1.807, 2.05) is 0 Å².